The lowest BCUT2D eigenvalue weighted by Crippen LogP contribution is -2.37. The van der Waals surface area contributed by atoms with E-state index >= 15 is 0 Å². The number of thiophene rings is 1. The Hall–Kier alpha value is -1.62. The first-order valence-corrected chi connectivity index (χ1v) is 10.6. The first-order valence-electron chi connectivity index (χ1n) is 9.34. The van der Waals surface area contributed by atoms with Gasteiger partial charge in [-0.3, -0.25) is 4.98 Å². The van der Waals surface area contributed by atoms with Crippen molar-refractivity contribution in [1.29, 1.82) is 0 Å². The number of halogens is 1. The molecule has 5 heteroatoms. The topological polar surface area (TPSA) is 37.0 Å². The molecule has 136 valence electrons. The second kappa shape index (κ2) is 8.38. The molecule has 2 aromatic heterocycles. The van der Waals surface area contributed by atoms with Crippen LogP contribution in [0.25, 0.3) is 10.9 Å². The van der Waals surface area contributed by atoms with Gasteiger partial charge in [0.2, 0.25) is 0 Å². The molecule has 1 aliphatic carbocycles. The van der Waals surface area contributed by atoms with E-state index in [9.17, 15) is 0 Å². The molecule has 4 rings (SSSR count). The van der Waals surface area contributed by atoms with Crippen molar-refractivity contribution in [3.63, 3.8) is 0 Å². The van der Waals surface area contributed by atoms with E-state index in [1.54, 1.807) is 0 Å². The zero-order valence-corrected chi connectivity index (χ0v) is 16.3. The molecule has 3 aromatic rings. The number of hydrogen-bond donors (Lipinski definition) is 2. The molecular weight excluding hydrogens is 362 g/mol. The highest BCUT2D eigenvalue weighted by atomic mass is 35.5. The average Bonchev–Trinajstić information content (AvgIpc) is 3.17. The summed E-state index contributed by atoms with van der Waals surface area (Å²) < 4.78 is 0. The van der Waals surface area contributed by atoms with Gasteiger partial charge in [0.05, 0.1) is 5.52 Å². The molecule has 1 fully saturated rings. The van der Waals surface area contributed by atoms with Gasteiger partial charge in [-0.2, -0.15) is 0 Å². The van der Waals surface area contributed by atoms with Crippen LogP contribution in [0.3, 0.4) is 0 Å². The van der Waals surface area contributed by atoms with Crippen molar-refractivity contribution in [1.82, 2.24) is 10.3 Å². The summed E-state index contributed by atoms with van der Waals surface area (Å²) in [6, 6.07) is 13.5. The maximum absolute atomic E-state index is 6.09. The van der Waals surface area contributed by atoms with E-state index in [2.05, 4.69) is 45.3 Å². The van der Waals surface area contributed by atoms with Gasteiger partial charge in [-0.05, 0) is 67.8 Å². The van der Waals surface area contributed by atoms with Crippen molar-refractivity contribution >= 4 is 39.5 Å². The number of anilines is 1. The van der Waals surface area contributed by atoms with Gasteiger partial charge in [-0.1, -0.05) is 17.7 Å². The summed E-state index contributed by atoms with van der Waals surface area (Å²) in [6.07, 6.45) is 7.87. The quantitative estimate of drug-likeness (QED) is 0.587. The van der Waals surface area contributed by atoms with Crippen LogP contribution in [0.15, 0.2) is 48.0 Å². The van der Waals surface area contributed by atoms with E-state index in [0.717, 1.165) is 28.9 Å². The highest BCUT2D eigenvalue weighted by Crippen LogP contribution is 2.28. The second-order valence-electron chi connectivity index (χ2n) is 7.00. The third-order valence-electron chi connectivity index (χ3n) is 5.18. The van der Waals surface area contributed by atoms with Crippen molar-refractivity contribution in [3.8, 4) is 0 Å². The molecule has 0 saturated heterocycles. The second-order valence-corrected chi connectivity index (χ2v) is 8.47. The van der Waals surface area contributed by atoms with E-state index in [1.165, 1.54) is 36.2 Å². The Morgan fingerprint density at radius 1 is 1.08 bits per heavy atom. The number of benzene rings is 1. The molecule has 0 spiro atoms. The summed E-state index contributed by atoms with van der Waals surface area (Å²) in [5.74, 6) is 0. The molecule has 0 atom stereocenters. The van der Waals surface area contributed by atoms with Gasteiger partial charge in [0, 0.05) is 45.8 Å². The smallest absolute Gasteiger partial charge is 0.0737 e. The molecule has 1 saturated carbocycles. The molecule has 0 unspecified atom stereocenters. The van der Waals surface area contributed by atoms with Crippen LogP contribution in [-0.4, -0.2) is 23.6 Å². The maximum atomic E-state index is 6.09. The Morgan fingerprint density at radius 2 is 1.92 bits per heavy atom. The first-order chi connectivity index (χ1) is 12.8. The van der Waals surface area contributed by atoms with Gasteiger partial charge in [0.15, 0.2) is 0 Å². The third kappa shape index (κ3) is 4.37. The molecule has 1 aromatic carbocycles. The molecular formula is C21H24ClN3S. The number of nitrogens with zero attached hydrogens (tertiary/aromatic N) is 1. The number of hydrogen-bond acceptors (Lipinski definition) is 4. The summed E-state index contributed by atoms with van der Waals surface area (Å²) in [5, 5.41) is 11.5. The van der Waals surface area contributed by atoms with Crippen LogP contribution in [0.4, 0.5) is 5.69 Å². The molecule has 3 nitrogen and oxygen atoms in total. The fourth-order valence-electron chi connectivity index (χ4n) is 3.76. The summed E-state index contributed by atoms with van der Waals surface area (Å²) in [5.41, 5.74) is 2.12. The lowest BCUT2D eigenvalue weighted by molar-refractivity contribution is 0.356. The molecule has 0 radical (unpaired) electrons. The summed E-state index contributed by atoms with van der Waals surface area (Å²) in [7, 11) is 0. The minimum absolute atomic E-state index is 0.534. The fourth-order valence-corrected chi connectivity index (χ4v) is 4.64. The molecule has 2 N–H and O–H groups in total. The fraction of sp³-hybridized carbons (Fsp3) is 0.381. The van der Waals surface area contributed by atoms with Crippen molar-refractivity contribution in [2.24, 2.45) is 0 Å². The van der Waals surface area contributed by atoms with Crippen molar-refractivity contribution < 1.29 is 0 Å². The van der Waals surface area contributed by atoms with Crippen LogP contribution in [-0.2, 0) is 6.42 Å². The average molecular weight is 386 g/mol. The normalized spacial score (nSPS) is 20.3. The Kier molecular flexibility index (Phi) is 5.73. The highest BCUT2D eigenvalue weighted by Gasteiger charge is 2.21. The minimum atomic E-state index is 0.534. The lowest BCUT2D eigenvalue weighted by atomic mass is 9.91. The molecule has 2 heterocycles. The van der Waals surface area contributed by atoms with E-state index in [0.29, 0.717) is 12.1 Å². The molecule has 1 aliphatic rings. The van der Waals surface area contributed by atoms with Crippen LogP contribution in [0, 0.1) is 0 Å². The summed E-state index contributed by atoms with van der Waals surface area (Å²) in [4.78, 5) is 5.90. The molecule has 26 heavy (non-hydrogen) atoms. The van der Waals surface area contributed by atoms with Crippen LogP contribution in [0.5, 0.6) is 0 Å². The van der Waals surface area contributed by atoms with Crippen molar-refractivity contribution in [2.45, 2.75) is 44.2 Å². The van der Waals surface area contributed by atoms with Gasteiger partial charge >= 0.3 is 0 Å². The number of rotatable bonds is 6. The van der Waals surface area contributed by atoms with Crippen LogP contribution in [0.2, 0.25) is 5.02 Å². The van der Waals surface area contributed by atoms with Crippen molar-refractivity contribution in [2.75, 3.05) is 11.9 Å². The van der Waals surface area contributed by atoms with E-state index in [4.69, 9.17) is 11.6 Å². The van der Waals surface area contributed by atoms with Gasteiger partial charge in [0.25, 0.3) is 0 Å². The minimum Gasteiger partial charge on any atom is -0.382 e. The lowest BCUT2D eigenvalue weighted by Gasteiger charge is -2.30. The zero-order chi connectivity index (χ0) is 17.8. The third-order valence-corrected chi connectivity index (χ3v) is 6.35. The maximum Gasteiger partial charge on any atom is 0.0737 e. The van der Waals surface area contributed by atoms with Crippen LogP contribution < -0.4 is 10.6 Å². The van der Waals surface area contributed by atoms with Gasteiger partial charge < -0.3 is 10.6 Å². The van der Waals surface area contributed by atoms with Crippen LogP contribution >= 0.6 is 22.9 Å². The first kappa shape index (κ1) is 17.8. The monoisotopic (exact) mass is 385 g/mol. The number of fused-ring (bicyclic) bond motifs is 1. The Morgan fingerprint density at radius 3 is 2.73 bits per heavy atom. The zero-order valence-electron chi connectivity index (χ0n) is 14.7. The van der Waals surface area contributed by atoms with E-state index in [1.807, 2.05) is 29.7 Å². The molecule has 0 bridgehead atoms. The number of nitrogens with one attached hydrogen (secondary N) is 2. The molecule has 0 amide bonds. The van der Waals surface area contributed by atoms with Crippen molar-refractivity contribution in [3.05, 3.63) is 57.9 Å². The Labute approximate surface area is 163 Å². The number of aromatic nitrogens is 1. The standard InChI is InChI=1S/C21H24ClN3S/c22-15-3-8-19-20(10-12-24-21(19)14-15)25-17-6-4-16(5-7-17)23-11-9-18-2-1-13-26-18/h1-3,8,10,12-14,16-17,23H,4-7,9,11H2,(H,24,25). The Bertz CT molecular complexity index is 842. The van der Waals surface area contributed by atoms with Gasteiger partial charge in [0.1, 0.15) is 0 Å². The molecule has 0 aliphatic heterocycles. The predicted octanol–water partition coefficient (Wildman–Crippen LogP) is 5.51. The van der Waals surface area contributed by atoms with E-state index in [-0.39, 0.29) is 0 Å². The summed E-state index contributed by atoms with van der Waals surface area (Å²) >= 11 is 7.94. The number of pyridine rings is 1. The largest absolute Gasteiger partial charge is 0.382 e. The predicted molar refractivity (Wildman–Crippen MR) is 112 cm³/mol. The van der Waals surface area contributed by atoms with E-state index < -0.39 is 0 Å². The van der Waals surface area contributed by atoms with Gasteiger partial charge in [-0.15, -0.1) is 11.3 Å². The SMILES string of the molecule is Clc1ccc2c(NC3CCC(NCCc4cccs4)CC3)ccnc2c1. The van der Waals surface area contributed by atoms with Gasteiger partial charge in [-0.25, -0.2) is 0 Å². The van der Waals surface area contributed by atoms with Crippen LogP contribution in [0.1, 0.15) is 30.6 Å². The Balaban J connectivity index is 1.29. The summed E-state index contributed by atoms with van der Waals surface area (Å²) in [6.45, 7) is 1.08. The highest BCUT2D eigenvalue weighted by molar-refractivity contribution is 7.09.